The molecule has 2 aromatic carbocycles. The Balaban J connectivity index is 1.95. The fourth-order valence-corrected chi connectivity index (χ4v) is 3.82. The highest BCUT2D eigenvalue weighted by Crippen LogP contribution is 2.23. The molecular weight excluding hydrogens is 426 g/mol. The van der Waals surface area contributed by atoms with E-state index < -0.39 is 22.8 Å². The van der Waals surface area contributed by atoms with E-state index in [0.717, 1.165) is 10.1 Å². The molecule has 0 aliphatic rings. The molecule has 0 bridgehead atoms. The lowest BCUT2D eigenvalue weighted by atomic mass is 10.0. The van der Waals surface area contributed by atoms with Crippen LogP contribution in [0.1, 0.15) is 19.4 Å². The molecular formula is C24H23N3O6. The molecule has 1 N–H and O–H groups in total. The van der Waals surface area contributed by atoms with Crippen molar-refractivity contribution in [2.75, 3.05) is 7.11 Å². The first-order chi connectivity index (χ1) is 15.8. The summed E-state index contributed by atoms with van der Waals surface area (Å²) in [5.74, 6) is -0.298. The third-order valence-corrected chi connectivity index (χ3v) is 5.70. The fourth-order valence-electron chi connectivity index (χ4n) is 3.82. The summed E-state index contributed by atoms with van der Waals surface area (Å²) in [4.78, 5) is 42.9. The van der Waals surface area contributed by atoms with E-state index in [9.17, 15) is 19.5 Å². The van der Waals surface area contributed by atoms with Crippen molar-refractivity contribution < 1.29 is 19.1 Å². The lowest BCUT2D eigenvalue weighted by Crippen LogP contribution is -2.52. The van der Waals surface area contributed by atoms with Crippen LogP contribution in [0.25, 0.3) is 22.4 Å². The molecule has 4 rings (SSSR count). The lowest BCUT2D eigenvalue weighted by molar-refractivity contribution is -0.146. The molecule has 0 saturated heterocycles. The molecule has 4 aromatic rings. The van der Waals surface area contributed by atoms with Gasteiger partial charge >= 0.3 is 11.7 Å². The molecule has 170 valence electrons. The number of oxazole rings is 1. The number of aryl methyl sites for hydroxylation is 2. The van der Waals surface area contributed by atoms with Gasteiger partial charge in [0.15, 0.2) is 0 Å². The quantitative estimate of drug-likeness (QED) is 0.461. The Labute approximate surface area is 188 Å². The number of hydrogen-bond acceptors (Lipinski definition) is 6. The van der Waals surface area contributed by atoms with Crippen LogP contribution in [0.3, 0.4) is 0 Å². The van der Waals surface area contributed by atoms with Crippen molar-refractivity contribution >= 4 is 16.9 Å². The number of nitrogens with zero attached hydrogens (tertiary/aromatic N) is 3. The van der Waals surface area contributed by atoms with Crippen LogP contribution in [0.15, 0.2) is 68.9 Å². The molecule has 33 heavy (non-hydrogen) atoms. The van der Waals surface area contributed by atoms with Gasteiger partial charge in [0.1, 0.15) is 17.6 Å². The Morgan fingerprint density at radius 1 is 1.18 bits per heavy atom. The van der Waals surface area contributed by atoms with Gasteiger partial charge in [-0.05, 0) is 50.1 Å². The lowest BCUT2D eigenvalue weighted by Gasteiger charge is -2.24. The Hall–Kier alpha value is -4.14. The average molecular weight is 449 g/mol. The molecule has 2 aromatic heterocycles. The Bertz CT molecular complexity index is 1450. The van der Waals surface area contributed by atoms with E-state index in [2.05, 4.69) is 4.98 Å². The van der Waals surface area contributed by atoms with Crippen molar-refractivity contribution in [3.63, 3.8) is 0 Å². The second kappa shape index (κ2) is 8.42. The Kier molecular flexibility index (Phi) is 5.63. The van der Waals surface area contributed by atoms with Gasteiger partial charge in [0.2, 0.25) is 5.89 Å². The van der Waals surface area contributed by atoms with Gasteiger partial charge in [-0.25, -0.2) is 19.1 Å². The first-order valence-electron chi connectivity index (χ1n) is 10.3. The monoisotopic (exact) mass is 449 g/mol. The second-order valence-corrected chi connectivity index (χ2v) is 8.07. The van der Waals surface area contributed by atoms with E-state index in [1.54, 1.807) is 25.3 Å². The number of fused-ring (bicyclic) bond motifs is 1. The molecule has 9 heteroatoms. The molecule has 2 heterocycles. The normalized spacial score (nSPS) is 11.6. The molecule has 0 amide bonds. The zero-order valence-corrected chi connectivity index (χ0v) is 18.4. The summed E-state index contributed by atoms with van der Waals surface area (Å²) in [6, 6.07) is 12.4. The topological polar surface area (TPSA) is 117 Å². The van der Waals surface area contributed by atoms with Crippen LogP contribution >= 0.6 is 0 Å². The highest BCUT2D eigenvalue weighted by molar-refractivity contribution is 5.83. The summed E-state index contributed by atoms with van der Waals surface area (Å²) in [5, 5.41) is 9.93. The van der Waals surface area contributed by atoms with Crippen molar-refractivity contribution in [1.29, 1.82) is 0 Å². The number of carboxylic acid groups (broad SMARTS) is 1. The zero-order valence-electron chi connectivity index (χ0n) is 18.4. The summed E-state index contributed by atoms with van der Waals surface area (Å²) >= 11 is 0. The molecule has 0 aliphatic carbocycles. The number of benzene rings is 2. The predicted molar refractivity (Wildman–Crippen MR) is 122 cm³/mol. The molecule has 0 atom stereocenters. The highest BCUT2D eigenvalue weighted by Gasteiger charge is 2.34. The SMILES string of the molecule is COc1ccccc1CCn1c(=O)n(C(C)(C)C(=O)O)c(=O)c2cc(-c3ncco3)ccc21. The van der Waals surface area contributed by atoms with Crippen molar-refractivity contribution in [3.05, 3.63) is 81.3 Å². The molecule has 0 radical (unpaired) electrons. The van der Waals surface area contributed by atoms with Gasteiger partial charge in [-0.15, -0.1) is 0 Å². The minimum Gasteiger partial charge on any atom is -0.496 e. The molecule has 9 nitrogen and oxygen atoms in total. The Morgan fingerprint density at radius 3 is 2.61 bits per heavy atom. The number of aliphatic carboxylic acids is 1. The van der Waals surface area contributed by atoms with Crippen LogP contribution < -0.4 is 16.0 Å². The molecule has 0 saturated carbocycles. The number of ether oxygens (including phenoxy) is 1. The fraction of sp³-hybridized carbons (Fsp3) is 0.250. The van der Waals surface area contributed by atoms with Gasteiger partial charge in [-0.2, -0.15) is 0 Å². The summed E-state index contributed by atoms with van der Waals surface area (Å²) in [5.41, 5.74) is -1.32. The van der Waals surface area contributed by atoms with Crippen LogP contribution in [0.5, 0.6) is 5.75 Å². The maximum absolute atomic E-state index is 13.4. The standard InChI is InChI=1S/C24H23N3O6/c1-24(2,22(29)30)27-21(28)17-14-16(20-25-11-13-33-20)8-9-18(17)26(23(27)31)12-10-15-6-4-5-7-19(15)32-3/h4-9,11,13-14H,10,12H2,1-3H3,(H,29,30). The summed E-state index contributed by atoms with van der Waals surface area (Å²) in [6.45, 7) is 2.86. The summed E-state index contributed by atoms with van der Waals surface area (Å²) < 4.78 is 12.9. The van der Waals surface area contributed by atoms with E-state index in [1.165, 1.54) is 30.9 Å². The smallest absolute Gasteiger partial charge is 0.332 e. The number of para-hydroxylation sites is 1. The minimum atomic E-state index is -1.76. The van der Waals surface area contributed by atoms with Crippen molar-refractivity contribution in [2.24, 2.45) is 0 Å². The van der Waals surface area contributed by atoms with E-state index in [1.807, 2.05) is 24.3 Å². The highest BCUT2D eigenvalue weighted by atomic mass is 16.5. The molecule has 0 unspecified atom stereocenters. The zero-order chi connectivity index (χ0) is 23.8. The van der Waals surface area contributed by atoms with Gasteiger partial charge in [0.05, 0.1) is 24.2 Å². The van der Waals surface area contributed by atoms with Crippen LogP contribution in [0.4, 0.5) is 0 Å². The van der Waals surface area contributed by atoms with E-state index in [0.29, 0.717) is 29.1 Å². The first kappa shape index (κ1) is 22.1. The van der Waals surface area contributed by atoms with Gasteiger partial charge in [-0.3, -0.25) is 9.36 Å². The van der Waals surface area contributed by atoms with Crippen molar-refractivity contribution in [2.45, 2.75) is 32.4 Å². The average Bonchev–Trinajstić information content (AvgIpc) is 3.34. The Morgan fingerprint density at radius 2 is 1.94 bits per heavy atom. The number of rotatable bonds is 7. The van der Waals surface area contributed by atoms with Crippen LogP contribution in [-0.4, -0.2) is 32.3 Å². The second-order valence-electron chi connectivity index (χ2n) is 8.07. The van der Waals surface area contributed by atoms with Crippen LogP contribution in [-0.2, 0) is 23.3 Å². The van der Waals surface area contributed by atoms with Gasteiger partial charge in [-0.1, -0.05) is 18.2 Å². The van der Waals surface area contributed by atoms with Crippen LogP contribution in [0, 0.1) is 0 Å². The first-order valence-corrected chi connectivity index (χ1v) is 10.3. The largest absolute Gasteiger partial charge is 0.496 e. The number of carbonyl (C=O) groups is 1. The third-order valence-electron chi connectivity index (χ3n) is 5.70. The van der Waals surface area contributed by atoms with Crippen LogP contribution in [0.2, 0.25) is 0 Å². The van der Waals surface area contributed by atoms with E-state index in [4.69, 9.17) is 9.15 Å². The van der Waals surface area contributed by atoms with Gasteiger partial charge in [0, 0.05) is 12.1 Å². The van der Waals surface area contributed by atoms with Gasteiger partial charge in [0.25, 0.3) is 5.56 Å². The number of aromatic nitrogens is 3. The molecule has 0 spiro atoms. The molecule has 0 aliphatic heterocycles. The third kappa shape index (κ3) is 3.82. The van der Waals surface area contributed by atoms with E-state index >= 15 is 0 Å². The maximum Gasteiger partial charge on any atom is 0.332 e. The minimum absolute atomic E-state index is 0.194. The number of methoxy groups -OCH3 is 1. The predicted octanol–water partition coefficient (Wildman–Crippen LogP) is 2.89. The molecule has 0 fully saturated rings. The number of carboxylic acids is 1. The van der Waals surface area contributed by atoms with Crippen molar-refractivity contribution in [3.8, 4) is 17.2 Å². The number of hydrogen-bond donors (Lipinski definition) is 1. The van der Waals surface area contributed by atoms with Gasteiger partial charge < -0.3 is 14.3 Å². The maximum atomic E-state index is 13.4. The summed E-state index contributed by atoms with van der Waals surface area (Å²) in [6.07, 6.45) is 3.34. The van der Waals surface area contributed by atoms with E-state index in [-0.39, 0.29) is 11.9 Å². The van der Waals surface area contributed by atoms with Crippen molar-refractivity contribution in [1.82, 2.24) is 14.1 Å². The summed E-state index contributed by atoms with van der Waals surface area (Å²) in [7, 11) is 1.57.